The van der Waals surface area contributed by atoms with Gasteiger partial charge in [0, 0.05) is 11.6 Å². The van der Waals surface area contributed by atoms with Crippen LogP contribution in [0, 0.1) is 0 Å². The van der Waals surface area contributed by atoms with Crippen molar-refractivity contribution >= 4 is 17.5 Å². The number of nitrogens with one attached hydrogen (secondary N) is 1. The Morgan fingerprint density at radius 1 is 1.17 bits per heavy atom. The fourth-order valence-electron chi connectivity index (χ4n) is 3.20. The summed E-state index contributed by atoms with van der Waals surface area (Å²) in [5.41, 5.74) is 2.86. The van der Waals surface area contributed by atoms with Gasteiger partial charge in [-0.05, 0) is 47.9 Å². The van der Waals surface area contributed by atoms with Crippen LogP contribution >= 0.6 is 11.6 Å². The molecule has 0 aliphatic heterocycles. The van der Waals surface area contributed by atoms with Crippen LogP contribution in [0.25, 0.3) is 5.69 Å². The molecule has 8 heteroatoms. The third-order valence-electron chi connectivity index (χ3n) is 4.66. The summed E-state index contributed by atoms with van der Waals surface area (Å²) < 4.78 is 12.1. The first-order valence-corrected chi connectivity index (χ1v) is 9.79. The molecule has 0 radical (unpaired) electrons. The number of aromatic hydroxyl groups is 1. The lowest BCUT2D eigenvalue weighted by atomic mass is 10.0. The number of benzene rings is 2. The van der Waals surface area contributed by atoms with E-state index >= 15 is 0 Å². The van der Waals surface area contributed by atoms with Crippen LogP contribution in [0.4, 0.5) is 0 Å². The largest absolute Gasteiger partial charge is 0.502 e. The lowest BCUT2D eigenvalue weighted by Crippen LogP contribution is -2.24. The van der Waals surface area contributed by atoms with E-state index in [0.717, 1.165) is 16.9 Å². The van der Waals surface area contributed by atoms with E-state index in [1.54, 1.807) is 35.1 Å². The first kappa shape index (κ1) is 21.5. The Balaban J connectivity index is 1.85. The smallest absolute Gasteiger partial charge is 0.255 e. The van der Waals surface area contributed by atoms with Gasteiger partial charge in [-0.1, -0.05) is 25.4 Å². The van der Waals surface area contributed by atoms with Crippen LogP contribution in [0.3, 0.4) is 0 Å². The fraction of sp³-hybridized carbons (Fsp3) is 0.273. The van der Waals surface area contributed by atoms with Crippen LogP contribution in [0.5, 0.6) is 17.2 Å². The highest BCUT2D eigenvalue weighted by Crippen LogP contribution is 2.37. The lowest BCUT2D eigenvalue weighted by molar-refractivity contribution is 0.0949. The highest BCUT2D eigenvalue weighted by molar-refractivity contribution is 6.30. The highest BCUT2D eigenvalue weighted by atomic mass is 35.5. The van der Waals surface area contributed by atoms with Crippen molar-refractivity contribution in [1.82, 2.24) is 15.1 Å². The predicted octanol–water partition coefficient (Wildman–Crippen LogP) is 4.30. The van der Waals surface area contributed by atoms with E-state index in [9.17, 15) is 9.90 Å². The second kappa shape index (κ2) is 9.09. The van der Waals surface area contributed by atoms with Gasteiger partial charge in [0.25, 0.3) is 5.91 Å². The summed E-state index contributed by atoms with van der Waals surface area (Å²) in [5.74, 6) is 0.290. The van der Waals surface area contributed by atoms with Gasteiger partial charge in [0.15, 0.2) is 11.5 Å². The van der Waals surface area contributed by atoms with Crippen molar-refractivity contribution in [3.05, 3.63) is 64.4 Å². The molecule has 2 aromatic carbocycles. The normalized spacial score (nSPS) is 10.9. The number of carbonyl (C=O) groups is 1. The monoisotopic (exact) mass is 429 g/mol. The van der Waals surface area contributed by atoms with Gasteiger partial charge >= 0.3 is 0 Å². The average molecular weight is 430 g/mol. The lowest BCUT2D eigenvalue weighted by Gasteiger charge is -2.14. The quantitative estimate of drug-likeness (QED) is 0.584. The molecular formula is C22H24ClN3O4. The van der Waals surface area contributed by atoms with E-state index in [1.807, 2.05) is 26.0 Å². The van der Waals surface area contributed by atoms with Crippen molar-refractivity contribution < 1.29 is 19.4 Å². The molecule has 30 heavy (non-hydrogen) atoms. The SMILES string of the molecule is COc1cc(CNC(=O)c2cnn(-c3ccc(Cl)cc3)c2C(C)C)cc(OC)c1O. The highest BCUT2D eigenvalue weighted by Gasteiger charge is 2.21. The topological polar surface area (TPSA) is 85.6 Å². The maximum atomic E-state index is 12.9. The van der Waals surface area contributed by atoms with Gasteiger partial charge in [-0.2, -0.15) is 5.10 Å². The number of hydrogen-bond acceptors (Lipinski definition) is 5. The summed E-state index contributed by atoms with van der Waals surface area (Å²) in [7, 11) is 2.91. The van der Waals surface area contributed by atoms with Gasteiger partial charge in [-0.25, -0.2) is 4.68 Å². The number of carbonyl (C=O) groups excluding carboxylic acids is 1. The van der Waals surface area contributed by atoms with Crippen LogP contribution in [-0.4, -0.2) is 35.0 Å². The predicted molar refractivity (Wildman–Crippen MR) is 115 cm³/mol. The Bertz CT molecular complexity index is 1020. The minimum Gasteiger partial charge on any atom is -0.502 e. The summed E-state index contributed by atoms with van der Waals surface area (Å²) in [6, 6.07) is 10.6. The van der Waals surface area contributed by atoms with E-state index in [-0.39, 0.29) is 35.6 Å². The van der Waals surface area contributed by atoms with Crippen molar-refractivity contribution in [2.75, 3.05) is 14.2 Å². The molecule has 0 saturated carbocycles. The molecule has 0 unspecified atom stereocenters. The molecule has 3 rings (SSSR count). The summed E-state index contributed by atoms with van der Waals surface area (Å²) in [6.07, 6.45) is 1.57. The van der Waals surface area contributed by atoms with E-state index in [2.05, 4.69) is 10.4 Å². The number of phenols is 1. The van der Waals surface area contributed by atoms with Gasteiger partial charge in [-0.3, -0.25) is 4.79 Å². The number of nitrogens with zero attached hydrogens (tertiary/aromatic N) is 2. The Morgan fingerprint density at radius 3 is 2.30 bits per heavy atom. The zero-order chi connectivity index (χ0) is 21.8. The van der Waals surface area contributed by atoms with Crippen molar-refractivity contribution in [3.8, 4) is 22.9 Å². The van der Waals surface area contributed by atoms with Gasteiger partial charge in [0.05, 0.1) is 37.4 Å². The Kier molecular flexibility index (Phi) is 6.52. The molecule has 7 nitrogen and oxygen atoms in total. The standard InChI is InChI=1S/C22H24ClN3O4/c1-13(2)20-17(12-25-26(20)16-7-5-15(23)6-8-16)22(28)24-11-14-9-18(29-3)21(27)19(10-14)30-4/h5-10,12-13,27H,11H2,1-4H3,(H,24,28). The van der Waals surface area contributed by atoms with Crippen LogP contribution in [0.1, 0.15) is 41.4 Å². The molecule has 1 heterocycles. The number of methoxy groups -OCH3 is 2. The summed E-state index contributed by atoms with van der Waals surface area (Å²) in [5, 5.41) is 18.0. The van der Waals surface area contributed by atoms with Crippen LogP contribution < -0.4 is 14.8 Å². The van der Waals surface area contributed by atoms with Gasteiger partial charge in [-0.15, -0.1) is 0 Å². The minimum atomic E-state index is -0.245. The van der Waals surface area contributed by atoms with Gasteiger partial charge in [0.2, 0.25) is 5.75 Å². The molecular weight excluding hydrogens is 406 g/mol. The Hall–Kier alpha value is -3.19. The summed E-state index contributed by atoms with van der Waals surface area (Å²) >= 11 is 5.98. The number of rotatable bonds is 7. The second-order valence-corrected chi connectivity index (χ2v) is 7.45. The molecule has 158 valence electrons. The summed E-state index contributed by atoms with van der Waals surface area (Å²) in [4.78, 5) is 12.9. The number of phenolic OH excluding ortho intramolecular Hbond substituents is 1. The second-order valence-electron chi connectivity index (χ2n) is 7.02. The van der Waals surface area contributed by atoms with Crippen molar-refractivity contribution in [1.29, 1.82) is 0 Å². The average Bonchev–Trinajstić information content (AvgIpc) is 3.18. The van der Waals surface area contributed by atoms with Gasteiger partial charge in [0.1, 0.15) is 0 Å². The molecule has 0 saturated heterocycles. The Morgan fingerprint density at radius 2 is 1.77 bits per heavy atom. The maximum absolute atomic E-state index is 12.9. The third-order valence-corrected chi connectivity index (χ3v) is 4.91. The molecule has 3 aromatic rings. The third kappa shape index (κ3) is 4.36. The van der Waals surface area contributed by atoms with E-state index < -0.39 is 0 Å². The first-order valence-electron chi connectivity index (χ1n) is 9.41. The number of ether oxygens (including phenoxy) is 2. The van der Waals surface area contributed by atoms with E-state index in [4.69, 9.17) is 21.1 Å². The van der Waals surface area contributed by atoms with Crippen LogP contribution in [0.15, 0.2) is 42.6 Å². The number of aromatic nitrogens is 2. The molecule has 0 bridgehead atoms. The zero-order valence-electron chi connectivity index (χ0n) is 17.3. The molecule has 2 N–H and O–H groups in total. The zero-order valence-corrected chi connectivity index (χ0v) is 18.0. The van der Waals surface area contributed by atoms with E-state index in [0.29, 0.717) is 10.6 Å². The van der Waals surface area contributed by atoms with Crippen molar-refractivity contribution in [2.45, 2.75) is 26.3 Å². The molecule has 0 atom stereocenters. The molecule has 0 aliphatic carbocycles. The minimum absolute atomic E-state index is 0.0674. The molecule has 0 fully saturated rings. The number of halogens is 1. The molecule has 1 aromatic heterocycles. The van der Waals surface area contributed by atoms with Crippen LogP contribution in [0.2, 0.25) is 5.02 Å². The van der Waals surface area contributed by atoms with E-state index in [1.165, 1.54) is 14.2 Å². The molecule has 0 spiro atoms. The van der Waals surface area contributed by atoms with Crippen LogP contribution in [-0.2, 0) is 6.54 Å². The maximum Gasteiger partial charge on any atom is 0.255 e. The van der Waals surface area contributed by atoms with Crippen molar-refractivity contribution in [3.63, 3.8) is 0 Å². The van der Waals surface area contributed by atoms with Crippen molar-refractivity contribution in [2.24, 2.45) is 0 Å². The fourth-order valence-corrected chi connectivity index (χ4v) is 3.33. The first-order chi connectivity index (χ1) is 14.3. The Labute approximate surface area is 180 Å². The number of amides is 1. The van der Waals surface area contributed by atoms with Gasteiger partial charge < -0.3 is 19.9 Å². The summed E-state index contributed by atoms with van der Waals surface area (Å²) in [6.45, 7) is 4.25. The molecule has 0 aliphatic rings. The number of hydrogen-bond donors (Lipinski definition) is 2. The molecule has 1 amide bonds.